The van der Waals surface area contributed by atoms with Gasteiger partial charge in [0.2, 0.25) is 5.75 Å². The first-order chi connectivity index (χ1) is 8.02. The number of nitro groups is 1. The molecule has 86 valence electrons. The number of fused-ring (bicyclic) bond motifs is 1. The van der Waals surface area contributed by atoms with Gasteiger partial charge in [0.1, 0.15) is 0 Å². The molecule has 2 aromatic carbocycles. The number of nitro benzene ring substituents is 1. The lowest BCUT2D eigenvalue weighted by Crippen LogP contribution is -2.00. The molecule has 17 heavy (non-hydrogen) atoms. The molecule has 0 aliphatic heterocycles. The largest absolute Gasteiger partial charge is 0.502 e. The van der Waals surface area contributed by atoms with Crippen molar-refractivity contribution in [2.24, 2.45) is 0 Å². The summed E-state index contributed by atoms with van der Waals surface area (Å²) in [6.45, 7) is 0. The zero-order chi connectivity index (χ0) is 12.6. The molecule has 0 heterocycles. The fraction of sp³-hybridized carbons (Fsp3) is 0. The summed E-state index contributed by atoms with van der Waals surface area (Å²) in [5.41, 5.74) is -0.814. The Morgan fingerprint density at radius 2 is 1.82 bits per heavy atom. The average molecular weight is 233 g/mol. The van der Waals surface area contributed by atoms with Gasteiger partial charge >= 0.3 is 11.7 Å². The molecule has 0 aliphatic carbocycles. The van der Waals surface area contributed by atoms with Crippen molar-refractivity contribution in [2.75, 3.05) is 0 Å². The predicted octanol–water partition coefficient (Wildman–Crippen LogP) is 2.15. The second-order valence-electron chi connectivity index (χ2n) is 3.40. The number of aromatic carboxylic acids is 1. The van der Waals surface area contributed by atoms with E-state index < -0.39 is 22.3 Å². The third-order valence-electron chi connectivity index (χ3n) is 2.42. The van der Waals surface area contributed by atoms with Gasteiger partial charge in [-0.15, -0.1) is 0 Å². The van der Waals surface area contributed by atoms with E-state index in [1.54, 1.807) is 12.1 Å². The van der Waals surface area contributed by atoms with Gasteiger partial charge < -0.3 is 10.2 Å². The first-order valence-corrected chi connectivity index (χ1v) is 4.64. The van der Waals surface area contributed by atoms with E-state index in [-0.39, 0.29) is 16.3 Å². The third-order valence-corrected chi connectivity index (χ3v) is 2.42. The highest BCUT2D eigenvalue weighted by Crippen LogP contribution is 2.36. The van der Waals surface area contributed by atoms with Gasteiger partial charge in [-0.05, 0) is 0 Å². The van der Waals surface area contributed by atoms with Crippen molar-refractivity contribution in [1.82, 2.24) is 0 Å². The van der Waals surface area contributed by atoms with Gasteiger partial charge in [-0.25, -0.2) is 4.79 Å². The molecule has 0 atom stereocenters. The number of rotatable bonds is 2. The highest BCUT2D eigenvalue weighted by molar-refractivity contribution is 6.07. The van der Waals surface area contributed by atoms with E-state index in [0.717, 1.165) is 6.07 Å². The Morgan fingerprint density at radius 3 is 2.35 bits per heavy atom. The minimum atomic E-state index is -1.27. The van der Waals surface area contributed by atoms with E-state index in [1.807, 2.05) is 0 Å². The summed E-state index contributed by atoms with van der Waals surface area (Å²) in [4.78, 5) is 20.9. The molecule has 2 aromatic rings. The summed E-state index contributed by atoms with van der Waals surface area (Å²) in [7, 11) is 0. The number of phenolic OH excluding ortho intramolecular Hbond substituents is 1. The molecule has 0 radical (unpaired) electrons. The molecular formula is C11H7NO5. The van der Waals surface area contributed by atoms with Crippen LogP contribution in [0.3, 0.4) is 0 Å². The number of aromatic hydroxyl groups is 1. The van der Waals surface area contributed by atoms with E-state index >= 15 is 0 Å². The zero-order valence-electron chi connectivity index (χ0n) is 8.45. The number of carboxylic acid groups (broad SMARTS) is 1. The smallest absolute Gasteiger partial charge is 0.336 e. The third kappa shape index (κ3) is 1.65. The molecule has 0 spiro atoms. The summed E-state index contributed by atoms with van der Waals surface area (Å²) in [6, 6.07) is 6.95. The number of hydrogen-bond donors (Lipinski definition) is 2. The molecule has 0 bridgehead atoms. The van der Waals surface area contributed by atoms with Crippen LogP contribution in [-0.2, 0) is 0 Å². The Kier molecular flexibility index (Phi) is 2.40. The molecule has 0 aromatic heterocycles. The normalized spacial score (nSPS) is 10.4. The second-order valence-corrected chi connectivity index (χ2v) is 3.40. The van der Waals surface area contributed by atoms with Crippen molar-refractivity contribution in [3.8, 4) is 5.75 Å². The quantitative estimate of drug-likeness (QED) is 0.611. The maximum Gasteiger partial charge on any atom is 0.336 e. The zero-order valence-corrected chi connectivity index (χ0v) is 8.45. The van der Waals surface area contributed by atoms with Crippen LogP contribution in [0.4, 0.5) is 5.69 Å². The van der Waals surface area contributed by atoms with Crippen LogP contribution >= 0.6 is 0 Å². The van der Waals surface area contributed by atoms with Gasteiger partial charge in [0, 0.05) is 16.8 Å². The fourth-order valence-corrected chi connectivity index (χ4v) is 1.66. The Labute approximate surface area is 94.9 Å². The number of hydrogen-bond acceptors (Lipinski definition) is 4. The standard InChI is InChI=1S/C11H7NO5/c13-10-7-4-2-1-3-6(7)8(11(14)15)5-9(10)12(16)17/h1-5,13H,(H,14,15). The summed E-state index contributed by atoms with van der Waals surface area (Å²) < 4.78 is 0. The van der Waals surface area contributed by atoms with Crippen LogP contribution in [0.1, 0.15) is 10.4 Å². The van der Waals surface area contributed by atoms with Crippen molar-refractivity contribution in [1.29, 1.82) is 0 Å². The van der Waals surface area contributed by atoms with Crippen molar-refractivity contribution in [3.05, 3.63) is 46.0 Å². The van der Waals surface area contributed by atoms with Crippen LogP contribution in [0.2, 0.25) is 0 Å². The van der Waals surface area contributed by atoms with Gasteiger partial charge in [-0.3, -0.25) is 10.1 Å². The van der Waals surface area contributed by atoms with Crippen LogP contribution in [0.25, 0.3) is 10.8 Å². The summed E-state index contributed by atoms with van der Waals surface area (Å²) >= 11 is 0. The molecule has 6 heteroatoms. The molecular weight excluding hydrogens is 226 g/mol. The van der Waals surface area contributed by atoms with Crippen molar-refractivity contribution in [2.45, 2.75) is 0 Å². The van der Waals surface area contributed by atoms with Crippen molar-refractivity contribution < 1.29 is 19.9 Å². The van der Waals surface area contributed by atoms with Crippen LogP contribution in [0, 0.1) is 10.1 Å². The molecule has 0 saturated heterocycles. The van der Waals surface area contributed by atoms with E-state index in [0.29, 0.717) is 0 Å². The summed E-state index contributed by atoms with van der Waals surface area (Å²) in [6.07, 6.45) is 0. The number of benzene rings is 2. The number of phenols is 1. The Morgan fingerprint density at radius 1 is 1.24 bits per heavy atom. The summed E-state index contributed by atoms with van der Waals surface area (Å²) in [5, 5.41) is 29.8. The second kappa shape index (κ2) is 3.75. The SMILES string of the molecule is O=C(O)c1cc([N+](=O)[O-])c(O)c2ccccc12. The first kappa shape index (κ1) is 10.9. The Bertz CT molecular complexity index is 635. The van der Waals surface area contributed by atoms with Crippen LogP contribution in [-0.4, -0.2) is 21.1 Å². The minimum Gasteiger partial charge on any atom is -0.502 e. The summed E-state index contributed by atoms with van der Waals surface area (Å²) in [5.74, 6) is -1.79. The first-order valence-electron chi connectivity index (χ1n) is 4.64. The van der Waals surface area contributed by atoms with Gasteiger partial charge in [-0.1, -0.05) is 24.3 Å². The van der Waals surface area contributed by atoms with Crippen LogP contribution < -0.4 is 0 Å². The molecule has 0 amide bonds. The molecule has 0 aliphatic rings. The highest BCUT2D eigenvalue weighted by Gasteiger charge is 2.21. The molecule has 0 fully saturated rings. The van der Waals surface area contributed by atoms with Gasteiger partial charge in [0.25, 0.3) is 0 Å². The van der Waals surface area contributed by atoms with Gasteiger partial charge in [-0.2, -0.15) is 0 Å². The number of nitrogens with zero attached hydrogens (tertiary/aromatic N) is 1. The van der Waals surface area contributed by atoms with E-state index in [1.165, 1.54) is 12.1 Å². The maximum absolute atomic E-state index is 11.0. The minimum absolute atomic E-state index is 0.152. The maximum atomic E-state index is 11.0. The number of carboxylic acids is 1. The molecule has 0 unspecified atom stereocenters. The fourth-order valence-electron chi connectivity index (χ4n) is 1.66. The molecule has 6 nitrogen and oxygen atoms in total. The lowest BCUT2D eigenvalue weighted by Gasteiger charge is -2.05. The van der Waals surface area contributed by atoms with Crippen LogP contribution in [0.15, 0.2) is 30.3 Å². The lowest BCUT2D eigenvalue weighted by molar-refractivity contribution is -0.385. The van der Waals surface area contributed by atoms with E-state index in [2.05, 4.69) is 0 Å². The molecule has 2 N–H and O–H groups in total. The average Bonchev–Trinajstić information content (AvgIpc) is 2.29. The Hall–Kier alpha value is -2.63. The highest BCUT2D eigenvalue weighted by atomic mass is 16.6. The lowest BCUT2D eigenvalue weighted by atomic mass is 10.0. The Balaban J connectivity index is 2.94. The van der Waals surface area contributed by atoms with Crippen molar-refractivity contribution in [3.63, 3.8) is 0 Å². The van der Waals surface area contributed by atoms with Crippen molar-refractivity contribution >= 4 is 22.4 Å². The van der Waals surface area contributed by atoms with Crippen LogP contribution in [0.5, 0.6) is 5.75 Å². The van der Waals surface area contributed by atoms with E-state index in [9.17, 15) is 20.0 Å². The van der Waals surface area contributed by atoms with Gasteiger partial charge in [0.15, 0.2) is 0 Å². The van der Waals surface area contributed by atoms with E-state index in [4.69, 9.17) is 5.11 Å². The molecule has 0 saturated carbocycles. The monoisotopic (exact) mass is 233 g/mol. The van der Waals surface area contributed by atoms with Gasteiger partial charge in [0.05, 0.1) is 10.5 Å². The number of carbonyl (C=O) groups is 1. The molecule has 2 rings (SSSR count). The predicted molar refractivity (Wildman–Crippen MR) is 59.2 cm³/mol. The topological polar surface area (TPSA) is 101 Å².